The molecule has 0 radical (unpaired) electrons. The van der Waals surface area contributed by atoms with Crippen LogP contribution in [0.5, 0.6) is 0 Å². The molecule has 0 saturated carbocycles. The third-order valence-corrected chi connectivity index (χ3v) is 2.76. The van der Waals surface area contributed by atoms with Crippen LogP contribution in [0, 0.1) is 0 Å². The number of halogens is 1. The molecule has 0 aliphatic heterocycles. The first-order chi connectivity index (χ1) is 7.27. The van der Waals surface area contributed by atoms with Crippen LogP contribution in [0.4, 0.5) is 0 Å². The van der Waals surface area contributed by atoms with Gasteiger partial charge in [0.2, 0.25) is 0 Å². The number of nitrogens with two attached hydrogens (primary N) is 1. The summed E-state index contributed by atoms with van der Waals surface area (Å²) in [4.78, 5) is 4.24. The molecule has 2 N–H and O–H groups in total. The average molecular weight is 263 g/mol. The van der Waals surface area contributed by atoms with Gasteiger partial charge in [0, 0.05) is 10.7 Å². The number of nitrogens with zero attached hydrogens (tertiary/aromatic N) is 1. The molecule has 0 saturated heterocycles. The van der Waals surface area contributed by atoms with Gasteiger partial charge in [-0.25, -0.2) is 0 Å². The molecule has 0 fully saturated rings. The van der Waals surface area contributed by atoms with Gasteiger partial charge in [-0.05, 0) is 29.8 Å². The van der Waals surface area contributed by atoms with Gasteiger partial charge in [0.15, 0.2) is 0 Å². The molecule has 1 aromatic heterocycles. The zero-order valence-electron chi connectivity index (χ0n) is 8.10. The summed E-state index contributed by atoms with van der Waals surface area (Å²) in [6.45, 7) is 0. The van der Waals surface area contributed by atoms with Gasteiger partial charge in [-0.3, -0.25) is 4.98 Å². The van der Waals surface area contributed by atoms with Crippen LogP contribution in [0.25, 0.3) is 0 Å². The van der Waals surface area contributed by atoms with E-state index in [-0.39, 0.29) is 6.04 Å². The Labute approximate surface area is 97.3 Å². The molecule has 1 atom stereocenters. The van der Waals surface area contributed by atoms with Crippen LogP contribution in [0.15, 0.2) is 53.1 Å². The highest BCUT2D eigenvalue weighted by Crippen LogP contribution is 2.19. The van der Waals surface area contributed by atoms with Gasteiger partial charge >= 0.3 is 0 Å². The number of hydrogen-bond acceptors (Lipinski definition) is 2. The normalized spacial score (nSPS) is 12.4. The fourth-order valence-corrected chi connectivity index (χ4v) is 1.67. The van der Waals surface area contributed by atoms with Crippen molar-refractivity contribution in [3.05, 3.63) is 64.4 Å². The van der Waals surface area contributed by atoms with Crippen LogP contribution in [0.1, 0.15) is 17.3 Å². The summed E-state index contributed by atoms with van der Waals surface area (Å²) < 4.78 is 1.06. The molecule has 2 rings (SSSR count). The number of rotatable bonds is 2. The Kier molecular flexibility index (Phi) is 3.14. The van der Waals surface area contributed by atoms with Crippen LogP contribution in [0.3, 0.4) is 0 Å². The standard InChI is InChI=1S/C12H11BrN2/c13-10-6-4-9(5-7-10)12(14)11-3-1-2-8-15-11/h1-8,12H,14H2. The van der Waals surface area contributed by atoms with Crippen molar-refractivity contribution in [2.24, 2.45) is 5.73 Å². The molecule has 0 amide bonds. The minimum Gasteiger partial charge on any atom is -0.319 e. The number of pyridine rings is 1. The molecule has 1 unspecified atom stereocenters. The Balaban J connectivity index is 2.29. The van der Waals surface area contributed by atoms with E-state index in [9.17, 15) is 0 Å². The first kappa shape index (κ1) is 10.3. The third kappa shape index (κ3) is 2.43. The molecule has 2 nitrogen and oxygen atoms in total. The van der Waals surface area contributed by atoms with Crippen molar-refractivity contribution in [2.75, 3.05) is 0 Å². The molecule has 15 heavy (non-hydrogen) atoms. The quantitative estimate of drug-likeness (QED) is 0.904. The summed E-state index contributed by atoms with van der Waals surface area (Å²) in [5.41, 5.74) is 8.04. The van der Waals surface area contributed by atoms with E-state index in [0.29, 0.717) is 0 Å². The Bertz CT molecular complexity index is 425. The Morgan fingerprint density at radius 1 is 1.07 bits per heavy atom. The van der Waals surface area contributed by atoms with Crippen LogP contribution >= 0.6 is 15.9 Å². The topological polar surface area (TPSA) is 38.9 Å². The predicted octanol–water partition coefficient (Wildman–Crippen LogP) is 2.89. The van der Waals surface area contributed by atoms with Crippen LogP contribution in [0.2, 0.25) is 0 Å². The maximum atomic E-state index is 6.09. The first-order valence-electron chi connectivity index (χ1n) is 4.69. The van der Waals surface area contributed by atoms with Crippen molar-refractivity contribution in [3.8, 4) is 0 Å². The smallest absolute Gasteiger partial charge is 0.0726 e. The largest absolute Gasteiger partial charge is 0.319 e. The van der Waals surface area contributed by atoms with E-state index in [1.54, 1.807) is 6.20 Å². The fourth-order valence-electron chi connectivity index (χ4n) is 1.40. The second-order valence-electron chi connectivity index (χ2n) is 3.28. The second kappa shape index (κ2) is 4.55. The maximum Gasteiger partial charge on any atom is 0.0726 e. The van der Waals surface area contributed by atoms with Crippen molar-refractivity contribution in [2.45, 2.75) is 6.04 Å². The van der Waals surface area contributed by atoms with Crippen LogP contribution in [-0.2, 0) is 0 Å². The zero-order chi connectivity index (χ0) is 10.7. The molecule has 0 aliphatic carbocycles. The van der Waals surface area contributed by atoms with E-state index in [1.165, 1.54) is 0 Å². The summed E-state index contributed by atoms with van der Waals surface area (Å²) in [6.07, 6.45) is 1.76. The van der Waals surface area contributed by atoms with Crippen molar-refractivity contribution >= 4 is 15.9 Å². The van der Waals surface area contributed by atoms with Crippen molar-refractivity contribution in [1.29, 1.82) is 0 Å². The third-order valence-electron chi connectivity index (χ3n) is 2.24. The summed E-state index contributed by atoms with van der Waals surface area (Å²) in [7, 11) is 0. The number of hydrogen-bond donors (Lipinski definition) is 1. The molecule has 3 heteroatoms. The van der Waals surface area contributed by atoms with Crippen LogP contribution < -0.4 is 5.73 Å². The van der Waals surface area contributed by atoms with E-state index in [1.807, 2.05) is 42.5 Å². The van der Waals surface area contributed by atoms with Gasteiger partial charge in [0.05, 0.1) is 11.7 Å². The lowest BCUT2D eigenvalue weighted by Gasteiger charge is -2.10. The fraction of sp³-hybridized carbons (Fsp3) is 0.0833. The van der Waals surface area contributed by atoms with E-state index >= 15 is 0 Å². The van der Waals surface area contributed by atoms with Crippen molar-refractivity contribution in [3.63, 3.8) is 0 Å². The molecular weight excluding hydrogens is 252 g/mol. The zero-order valence-corrected chi connectivity index (χ0v) is 9.68. The Morgan fingerprint density at radius 3 is 2.40 bits per heavy atom. The molecule has 2 aromatic rings. The lowest BCUT2D eigenvalue weighted by atomic mass is 10.0. The average Bonchev–Trinajstić information content (AvgIpc) is 2.30. The summed E-state index contributed by atoms with van der Waals surface area (Å²) >= 11 is 3.39. The SMILES string of the molecule is NC(c1ccc(Br)cc1)c1ccccn1. The van der Waals surface area contributed by atoms with Gasteiger partial charge in [0.25, 0.3) is 0 Å². The molecule has 76 valence electrons. The van der Waals surface area contributed by atoms with Gasteiger partial charge < -0.3 is 5.73 Å². The minimum absolute atomic E-state index is 0.153. The van der Waals surface area contributed by atoms with E-state index in [2.05, 4.69) is 20.9 Å². The molecule has 1 aromatic carbocycles. The highest BCUT2D eigenvalue weighted by Gasteiger charge is 2.08. The summed E-state index contributed by atoms with van der Waals surface area (Å²) in [5, 5.41) is 0. The number of benzene rings is 1. The highest BCUT2D eigenvalue weighted by molar-refractivity contribution is 9.10. The summed E-state index contributed by atoms with van der Waals surface area (Å²) in [5.74, 6) is 0. The highest BCUT2D eigenvalue weighted by atomic mass is 79.9. The molecule has 0 spiro atoms. The molecule has 1 heterocycles. The van der Waals surface area contributed by atoms with Crippen molar-refractivity contribution < 1.29 is 0 Å². The van der Waals surface area contributed by atoms with E-state index in [0.717, 1.165) is 15.7 Å². The van der Waals surface area contributed by atoms with Gasteiger partial charge in [-0.2, -0.15) is 0 Å². The van der Waals surface area contributed by atoms with Crippen molar-refractivity contribution in [1.82, 2.24) is 4.98 Å². The maximum absolute atomic E-state index is 6.09. The Hall–Kier alpha value is -1.19. The lowest BCUT2D eigenvalue weighted by molar-refractivity contribution is 0.828. The molecule has 0 bridgehead atoms. The van der Waals surface area contributed by atoms with E-state index < -0.39 is 0 Å². The Morgan fingerprint density at radius 2 is 1.80 bits per heavy atom. The molecular formula is C12H11BrN2. The first-order valence-corrected chi connectivity index (χ1v) is 5.48. The second-order valence-corrected chi connectivity index (χ2v) is 4.20. The lowest BCUT2D eigenvalue weighted by Crippen LogP contribution is -2.12. The number of aromatic nitrogens is 1. The predicted molar refractivity (Wildman–Crippen MR) is 64.4 cm³/mol. The van der Waals surface area contributed by atoms with Gasteiger partial charge in [0.1, 0.15) is 0 Å². The van der Waals surface area contributed by atoms with Gasteiger partial charge in [-0.15, -0.1) is 0 Å². The van der Waals surface area contributed by atoms with Gasteiger partial charge in [-0.1, -0.05) is 34.1 Å². The van der Waals surface area contributed by atoms with E-state index in [4.69, 9.17) is 5.73 Å². The summed E-state index contributed by atoms with van der Waals surface area (Å²) in [6, 6.07) is 13.6. The van der Waals surface area contributed by atoms with Crippen LogP contribution in [-0.4, -0.2) is 4.98 Å². The molecule has 0 aliphatic rings. The monoisotopic (exact) mass is 262 g/mol. The minimum atomic E-state index is -0.153.